The van der Waals surface area contributed by atoms with Gasteiger partial charge >= 0.3 is 0 Å². The molecule has 8 heteroatoms. The molecule has 0 radical (unpaired) electrons. The van der Waals surface area contributed by atoms with Crippen LogP contribution in [-0.4, -0.2) is 48.2 Å². The summed E-state index contributed by atoms with van der Waals surface area (Å²) in [4.78, 5) is 23.2. The molecule has 4 N–H and O–H groups in total. The number of nitrogens with two attached hydrogens (primary N) is 1. The Morgan fingerprint density at radius 2 is 1.72 bits per heavy atom. The number of aromatic nitrogens is 2. The highest BCUT2D eigenvalue weighted by Crippen LogP contribution is 2.25. The van der Waals surface area contributed by atoms with E-state index in [1.54, 1.807) is 13.1 Å². The average Bonchev–Trinajstić information content (AvgIpc) is 2.82. The molecular weight excluding hydrogens is 404 g/mol. The number of hydrogen-bond donors (Lipinski definition) is 3. The van der Waals surface area contributed by atoms with Crippen LogP contribution in [0.4, 0.5) is 23.0 Å². The number of anilines is 4. The molecule has 0 spiro atoms. The number of benzene rings is 2. The molecule has 1 aromatic heterocycles. The minimum Gasteiger partial charge on any atom is -0.378 e. The zero-order valence-electron chi connectivity index (χ0n) is 18.3. The first-order valence-electron chi connectivity index (χ1n) is 10.7. The summed E-state index contributed by atoms with van der Waals surface area (Å²) >= 11 is 0. The first-order valence-corrected chi connectivity index (χ1v) is 10.7. The largest absolute Gasteiger partial charge is 0.378 e. The molecule has 1 saturated heterocycles. The lowest BCUT2D eigenvalue weighted by molar-refractivity contribution is -0.117. The smallest absolute Gasteiger partial charge is 0.240 e. The number of aryl methyl sites for hydroxylation is 1. The molecule has 1 fully saturated rings. The van der Waals surface area contributed by atoms with Gasteiger partial charge in [0, 0.05) is 41.9 Å². The third-order valence-electron chi connectivity index (χ3n) is 5.31. The highest BCUT2D eigenvalue weighted by molar-refractivity contribution is 5.94. The van der Waals surface area contributed by atoms with Gasteiger partial charge in [-0.25, -0.2) is 9.97 Å². The van der Waals surface area contributed by atoms with Crippen LogP contribution >= 0.6 is 0 Å². The van der Waals surface area contributed by atoms with Gasteiger partial charge < -0.3 is 26.0 Å². The van der Waals surface area contributed by atoms with Gasteiger partial charge in [0.25, 0.3) is 0 Å². The van der Waals surface area contributed by atoms with E-state index in [1.165, 1.54) is 5.69 Å². The molecule has 0 aliphatic carbocycles. The summed E-state index contributed by atoms with van der Waals surface area (Å²) in [5.74, 6) is 0.307. The van der Waals surface area contributed by atoms with E-state index in [1.807, 2.05) is 43.3 Å². The van der Waals surface area contributed by atoms with Crippen molar-refractivity contribution in [3.8, 4) is 11.3 Å². The minimum atomic E-state index is -0.560. The normalized spacial score (nSPS) is 14.7. The Morgan fingerprint density at radius 1 is 1.06 bits per heavy atom. The molecule has 1 aliphatic rings. The van der Waals surface area contributed by atoms with Gasteiger partial charge in [0.2, 0.25) is 11.9 Å². The summed E-state index contributed by atoms with van der Waals surface area (Å²) in [7, 11) is 0. The van der Waals surface area contributed by atoms with Crippen molar-refractivity contribution in [1.29, 1.82) is 0 Å². The summed E-state index contributed by atoms with van der Waals surface area (Å²) < 4.78 is 5.42. The molecule has 0 bridgehead atoms. The van der Waals surface area contributed by atoms with Crippen molar-refractivity contribution in [2.75, 3.05) is 41.8 Å². The van der Waals surface area contributed by atoms with Crippen molar-refractivity contribution in [2.45, 2.75) is 19.9 Å². The van der Waals surface area contributed by atoms with Gasteiger partial charge in [-0.1, -0.05) is 12.1 Å². The molecule has 3 aromatic rings. The molecule has 8 nitrogen and oxygen atoms in total. The van der Waals surface area contributed by atoms with E-state index in [9.17, 15) is 4.79 Å². The summed E-state index contributed by atoms with van der Waals surface area (Å²) in [6.45, 7) is 6.97. The van der Waals surface area contributed by atoms with Crippen molar-refractivity contribution >= 4 is 28.9 Å². The molecule has 2 heterocycles. The number of carbonyl (C=O) groups is 1. The molecular formula is C24H28N6O2. The van der Waals surface area contributed by atoms with E-state index < -0.39 is 6.04 Å². The van der Waals surface area contributed by atoms with E-state index >= 15 is 0 Å². The summed E-state index contributed by atoms with van der Waals surface area (Å²) in [6, 6.07) is 15.2. The van der Waals surface area contributed by atoms with Crippen molar-refractivity contribution in [3.05, 3.63) is 60.3 Å². The molecule has 32 heavy (non-hydrogen) atoms. The third-order valence-corrected chi connectivity index (χ3v) is 5.31. The average molecular weight is 433 g/mol. The molecule has 4 rings (SSSR count). The van der Waals surface area contributed by atoms with Crippen LogP contribution in [0.25, 0.3) is 11.3 Å². The predicted octanol–water partition coefficient (Wildman–Crippen LogP) is 3.32. The number of amides is 1. The van der Waals surface area contributed by atoms with Crippen molar-refractivity contribution < 1.29 is 9.53 Å². The number of carbonyl (C=O) groups excluding carboxylic acids is 1. The standard InChI is InChI=1S/C24H28N6O2/c1-16-15-26-24(28-20-7-9-21(10-8-20)30-11-13-32-14-12-30)29-22(16)18-3-5-19(6-4-18)27-23(31)17(2)25/h3-10,15,17H,11-14,25H2,1-2H3,(H,27,31)(H,26,28,29)/t17-/m1/s1. The Kier molecular flexibility index (Phi) is 6.63. The minimum absolute atomic E-state index is 0.220. The second-order valence-corrected chi connectivity index (χ2v) is 7.85. The number of morpholine rings is 1. The second-order valence-electron chi connectivity index (χ2n) is 7.85. The van der Waals surface area contributed by atoms with Crippen LogP contribution in [0.3, 0.4) is 0 Å². The number of hydrogen-bond acceptors (Lipinski definition) is 7. The van der Waals surface area contributed by atoms with Crippen LogP contribution < -0.4 is 21.3 Å². The Morgan fingerprint density at radius 3 is 2.38 bits per heavy atom. The molecule has 1 atom stereocenters. The number of nitrogens with one attached hydrogen (secondary N) is 2. The zero-order valence-corrected chi connectivity index (χ0v) is 18.3. The van der Waals surface area contributed by atoms with Crippen molar-refractivity contribution in [2.24, 2.45) is 5.73 Å². The summed E-state index contributed by atoms with van der Waals surface area (Å²) in [5, 5.41) is 6.07. The van der Waals surface area contributed by atoms with Gasteiger partial charge in [-0.15, -0.1) is 0 Å². The fourth-order valence-corrected chi connectivity index (χ4v) is 3.47. The van der Waals surface area contributed by atoms with Gasteiger partial charge in [0.05, 0.1) is 24.9 Å². The van der Waals surface area contributed by atoms with E-state index in [4.69, 9.17) is 15.5 Å². The predicted molar refractivity (Wildman–Crippen MR) is 127 cm³/mol. The van der Waals surface area contributed by atoms with Gasteiger partial charge in [-0.2, -0.15) is 0 Å². The molecule has 166 valence electrons. The quantitative estimate of drug-likeness (QED) is 0.549. The number of rotatable bonds is 6. The first kappa shape index (κ1) is 21.7. The zero-order chi connectivity index (χ0) is 22.5. The lowest BCUT2D eigenvalue weighted by Gasteiger charge is -2.28. The molecule has 0 saturated carbocycles. The molecule has 0 unspecified atom stereocenters. The molecule has 2 aromatic carbocycles. The Bertz CT molecular complexity index is 1060. The van der Waals surface area contributed by atoms with Crippen molar-refractivity contribution in [3.63, 3.8) is 0 Å². The monoisotopic (exact) mass is 432 g/mol. The number of nitrogens with zero attached hydrogens (tertiary/aromatic N) is 3. The van der Waals surface area contributed by atoms with Crippen LogP contribution in [0.1, 0.15) is 12.5 Å². The summed E-state index contributed by atoms with van der Waals surface area (Å²) in [6.07, 6.45) is 1.80. The fourth-order valence-electron chi connectivity index (χ4n) is 3.47. The number of ether oxygens (including phenoxy) is 1. The van der Waals surface area contributed by atoms with Crippen LogP contribution in [0.2, 0.25) is 0 Å². The maximum atomic E-state index is 11.8. The van der Waals surface area contributed by atoms with Crippen LogP contribution in [0.5, 0.6) is 0 Å². The second kappa shape index (κ2) is 9.76. The summed E-state index contributed by atoms with van der Waals surface area (Å²) in [5.41, 5.74) is 11.1. The maximum absolute atomic E-state index is 11.8. The van der Waals surface area contributed by atoms with Gasteiger partial charge in [-0.05, 0) is 55.8 Å². The van der Waals surface area contributed by atoms with Gasteiger partial charge in [0.1, 0.15) is 0 Å². The van der Waals surface area contributed by atoms with Crippen molar-refractivity contribution in [1.82, 2.24) is 9.97 Å². The molecule has 1 amide bonds. The highest BCUT2D eigenvalue weighted by atomic mass is 16.5. The Labute approximate surface area is 187 Å². The van der Waals surface area contributed by atoms with E-state index in [0.717, 1.165) is 48.8 Å². The molecule has 1 aliphatic heterocycles. The Balaban J connectivity index is 1.47. The first-order chi connectivity index (χ1) is 15.5. The van der Waals surface area contributed by atoms with Gasteiger partial charge in [-0.3, -0.25) is 4.79 Å². The topological polar surface area (TPSA) is 105 Å². The SMILES string of the molecule is Cc1cnc(Nc2ccc(N3CCOCC3)cc2)nc1-c1ccc(NC(=O)[C@@H](C)N)cc1. The maximum Gasteiger partial charge on any atom is 0.240 e. The van der Waals surface area contributed by atoms with Gasteiger partial charge in [0.15, 0.2) is 0 Å². The van der Waals surface area contributed by atoms with Crippen LogP contribution in [-0.2, 0) is 9.53 Å². The van der Waals surface area contributed by atoms with Crippen LogP contribution in [0.15, 0.2) is 54.7 Å². The van der Waals surface area contributed by atoms with E-state index in [-0.39, 0.29) is 5.91 Å². The Hall–Kier alpha value is -3.49. The fraction of sp³-hybridized carbons (Fsp3) is 0.292. The van der Waals surface area contributed by atoms with E-state index in [2.05, 4.69) is 32.7 Å². The lowest BCUT2D eigenvalue weighted by Crippen LogP contribution is -2.36. The van der Waals surface area contributed by atoms with E-state index in [0.29, 0.717) is 11.6 Å². The highest BCUT2D eigenvalue weighted by Gasteiger charge is 2.12. The lowest BCUT2D eigenvalue weighted by atomic mass is 10.1. The van der Waals surface area contributed by atoms with Crippen LogP contribution in [0, 0.1) is 6.92 Å². The third kappa shape index (κ3) is 5.22.